The number of carbonyl (C=O) groups excluding carboxylic acids is 1. The molecule has 0 radical (unpaired) electrons. The minimum atomic E-state index is -0.536. The summed E-state index contributed by atoms with van der Waals surface area (Å²) in [6.07, 6.45) is 2.71. The fourth-order valence-electron chi connectivity index (χ4n) is 1.36. The third kappa shape index (κ3) is 5.38. The summed E-state index contributed by atoms with van der Waals surface area (Å²) in [5, 5.41) is 11.9. The van der Waals surface area contributed by atoms with Crippen LogP contribution in [0.3, 0.4) is 0 Å². The molecule has 0 unspecified atom stereocenters. The third-order valence-corrected chi connectivity index (χ3v) is 2.18. The van der Waals surface area contributed by atoms with Crippen LogP contribution in [0.2, 0.25) is 0 Å². The van der Waals surface area contributed by atoms with Crippen LogP contribution in [0.1, 0.15) is 27.7 Å². The van der Waals surface area contributed by atoms with Crippen molar-refractivity contribution >= 4 is 17.4 Å². The minimum Gasteiger partial charge on any atom is -0.618 e. The molecule has 0 aliphatic carbocycles. The number of allylic oxidation sites excluding steroid dienone is 1. The quantitative estimate of drug-likeness (QED) is 0.210. The van der Waals surface area contributed by atoms with Gasteiger partial charge >= 0.3 is 5.97 Å². The van der Waals surface area contributed by atoms with Gasteiger partial charge in [0.2, 0.25) is 5.69 Å². The Morgan fingerprint density at radius 2 is 1.79 bits per heavy atom. The predicted molar refractivity (Wildman–Crippen MR) is 75.4 cm³/mol. The number of ether oxygens (including phenoxy) is 1. The monoisotopic (exact) mass is 261 g/mol. The largest absolute Gasteiger partial charge is 0.618 e. The number of hydrogen-bond acceptors (Lipinski definition) is 3. The second-order valence-electron chi connectivity index (χ2n) is 5.14. The average molecular weight is 261 g/mol. The Balaban J connectivity index is 2.79. The molecule has 0 saturated carbocycles. The van der Waals surface area contributed by atoms with Gasteiger partial charge in [0, 0.05) is 31.2 Å². The van der Waals surface area contributed by atoms with Gasteiger partial charge in [-0.05, 0) is 20.8 Å². The van der Waals surface area contributed by atoms with E-state index in [0.29, 0.717) is 11.4 Å². The van der Waals surface area contributed by atoms with Gasteiger partial charge in [-0.3, -0.25) is 0 Å². The van der Waals surface area contributed by atoms with Gasteiger partial charge in [0.1, 0.15) is 5.60 Å². The van der Waals surface area contributed by atoms with Crippen LogP contribution in [0.5, 0.6) is 0 Å². The molecule has 19 heavy (non-hydrogen) atoms. The molecule has 102 valence electrons. The normalized spacial score (nSPS) is 13.3. The molecule has 0 amide bonds. The first-order valence-electron chi connectivity index (χ1n) is 6.06. The fourth-order valence-corrected chi connectivity index (χ4v) is 1.36. The summed E-state index contributed by atoms with van der Waals surface area (Å²) < 4.78 is 5.88. The van der Waals surface area contributed by atoms with Gasteiger partial charge < -0.3 is 9.94 Å². The van der Waals surface area contributed by atoms with Crippen molar-refractivity contribution in [1.29, 1.82) is 0 Å². The minimum absolute atomic E-state index is 0.414. The molecule has 0 aliphatic rings. The van der Waals surface area contributed by atoms with Crippen LogP contribution in [0, 0.1) is 5.21 Å². The number of para-hydroxylation sites is 1. The van der Waals surface area contributed by atoms with Gasteiger partial charge in [0.05, 0.1) is 0 Å². The van der Waals surface area contributed by atoms with E-state index < -0.39 is 11.6 Å². The van der Waals surface area contributed by atoms with E-state index in [1.807, 2.05) is 6.07 Å². The lowest BCUT2D eigenvalue weighted by molar-refractivity contribution is -0.360. The van der Waals surface area contributed by atoms with Crippen LogP contribution in [-0.2, 0) is 9.53 Å². The van der Waals surface area contributed by atoms with Gasteiger partial charge in [-0.15, -0.1) is 0 Å². The van der Waals surface area contributed by atoms with E-state index in [1.54, 1.807) is 52.0 Å². The fraction of sp³-hybridized carbons (Fsp3) is 0.333. The van der Waals surface area contributed by atoms with Gasteiger partial charge in [0.25, 0.3) is 0 Å². The zero-order chi connectivity index (χ0) is 14.5. The molecule has 1 aromatic carbocycles. The first-order valence-corrected chi connectivity index (χ1v) is 6.06. The molecular formula is C15H19NO3. The topological polar surface area (TPSA) is 52.4 Å². The average Bonchev–Trinajstić information content (AvgIpc) is 2.34. The SMILES string of the molecule is CC(/C=C/C(=O)OC(C)(C)C)=[N+](/[O-])c1ccccc1. The highest BCUT2D eigenvalue weighted by atomic mass is 16.6. The van der Waals surface area contributed by atoms with Crippen molar-refractivity contribution in [2.45, 2.75) is 33.3 Å². The lowest BCUT2D eigenvalue weighted by Crippen LogP contribution is -2.22. The lowest BCUT2D eigenvalue weighted by Gasteiger charge is -2.17. The first-order chi connectivity index (χ1) is 8.79. The Morgan fingerprint density at radius 3 is 2.32 bits per heavy atom. The van der Waals surface area contributed by atoms with Crippen molar-refractivity contribution in [3.63, 3.8) is 0 Å². The molecule has 0 aliphatic heterocycles. The maximum Gasteiger partial charge on any atom is 0.331 e. The molecule has 1 aromatic rings. The summed E-state index contributed by atoms with van der Waals surface area (Å²) in [6, 6.07) is 8.81. The summed E-state index contributed by atoms with van der Waals surface area (Å²) in [7, 11) is 0. The van der Waals surface area contributed by atoms with Crippen LogP contribution < -0.4 is 0 Å². The number of benzene rings is 1. The van der Waals surface area contributed by atoms with Crippen molar-refractivity contribution in [3.05, 3.63) is 47.7 Å². The highest BCUT2D eigenvalue weighted by Gasteiger charge is 2.14. The van der Waals surface area contributed by atoms with Crippen molar-refractivity contribution in [1.82, 2.24) is 0 Å². The number of hydrogen-bond donors (Lipinski definition) is 0. The maximum absolute atomic E-state index is 11.9. The standard InChI is InChI=1S/C15H19NO3/c1-12(10-11-14(17)19-15(2,3)4)16(18)13-8-6-5-7-9-13/h5-11H,1-4H3/b11-10+,16-12-. The summed E-state index contributed by atoms with van der Waals surface area (Å²) in [5.41, 5.74) is 0.400. The molecule has 0 heterocycles. The zero-order valence-corrected chi connectivity index (χ0v) is 11.7. The van der Waals surface area contributed by atoms with E-state index >= 15 is 0 Å². The zero-order valence-electron chi connectivity index (χ0n) is 11.7. The highest BCUT2D eigenvalue weighted by Crippen LogP contribution is 2.10. The molecule has 0 aromatic heterocycles. The molecule has 0 saturated heterocycles. The number of esters is 1. The van der Waals surface area contributed by atoms with E-state index in [0.717, 1.165) is 4.74 Å². The van der Waals surface area contributed by atoms with Crippen LogP contribution in [-0.4, -0.2) is 22.0 Å². The van der Waals surface area contributed by atoms with E-state index in [2.05, 4.69) is 0 Å². The Hall–Kier alpha value is -2.10. The highest BCUT2D eigenvalue weighted by molar-refractivity contribution is 5.95. The van der Waals surface area contributed by atoms with E-state index in [1.165, 1.54) is 12.2 Å². The maximum atomic E-state index is 11.9. The van der Waals surface area contributed by atoms with E-state index in [-0.39, 0.29) is 0 Å². The number of nitrogens with zero attached hydrogens (tertiary/aromatic N) is 1. The van der Waals surface area contributed by atoms with Gasteiger partial charge in [0.15, 0.2) is 5.71 Å². The predicted octanol–water partition coefficient (Wildman–Crippen LogP) is 3.19. The molecular weight excluding hydrogens is 242 g/mol. The molecule has 0 bridgehead atoms. The Morgan fingerprint density at radius 1 is 1.21 bits per heavy atom. The van der Waals surface area contributed by atoms with Crippen LogP contribution in [0.4, 0.5) is 5.69 Å². The number of carbonyl (C=O) groups is 1. The van der Waals surface area contributed by atoms with Gasteiger partial charge in [-0.25, -0.2) is 4.79 Å². The van der Waals surface area contributed by atoms with Crippen LogP contribution in [0.15, 0.2) is 42.5 Å². The Bertz CT molecular complexity index is 496. The van der Waals surface area contributed by atoms with Crippen molar-refractivity contribution in [3.8, 4) is 0 Å². The number of rotatable bonds is 3. The molecule has 1 rings (SSSR count). The van der Waals surface area contributed by atoms with Crippen LogP contribution >= 0.6 is 0 Å². The van der Waals surface area contributed by atoms with Crippen molar-refractivity contribution in [2.24, 2.45) is 0 Å². The van der Waals surface area contributed by atoms with E-state index in [4.69, 9.17) is 4.74 Å². The first kappa shape index (κ1) is 15.0. The molecule has 0 spiro atoms. The van der Waals surface area contributed by atoms with Gasteiger partial charge in [-0.2, -0.15) is 4.74 Å². The third-order valence-electron chi connectivity index (χ3n) is 2.18. The molecule has 0 N–H and O–H groups in total. The molecule has 0 fully saturated rings. The lowest BCUT2D eigenvalue weighted by atomic mass is 10.2. The molecule has 0 atom stereocenters. The Kier molecular flexibility index (Phi) is 4.87. The second kappa shape index (κ2) is 6.18. The van der Waals surface area contributed by atoms with Crippen LogP contribution in [0.25, 0.3) is 0 Å². The Labute approximate surface area is 113 Å². The molecule has 4 nitrogen and oxygen atoms in total. The second-order valence-corrected chi connectivity index (χ2v) is 5.14. The summed E-state index contributed by atoms with van der Waals surface area (Å²) in [4.78, 5) is 11.5. The summed E-state index contributed by atoms with van der Waals surface area (Å²) in [5.74, 6) is -0.465. The smallest absolute Gasteiger partial charge is 0.331 e. The summed E-state index contributed by atoms with van der Waals surface area (Å²) >= 11 is 0. The summed E-state index contributed by atoms with van der Waals surface area (Å²) in [6.45, 7) is 7.01. The van der Waals surface area contributed by atoms with Crippen molar-refractivity contribution < 1.29 is 14.3 Å². The van der Waals surface area contributed by atoms with Crippen molar-refractivity contribution in [2.75, 3.05) is 0 Å². The van der Waals surface area contributed by atoms with Gasteiger partial charge in [-0.1, -0.05) is 18.2 Å². The van der Waals surface area contributed by atoms with E-state index in [9.17, 15) is 10.0 Å². The molecule has 4 heteroatoms.